The van der Waals surface area contributed by atoms with Crippen LogP contribution in [0.5, 0.6) is 0 Å². The summed E-state index contributed by atoms with van der Waals surface area (Å²) in [5, 5.41) is 22.4. The van der Waals surface area contributed by atoms with E-state index >= 15 is 0 Å². The molecular formula is C25H40N4O2. The van der Waals surface area contributed by atoms with Crippen LogP contribution in [0.4, 0.5) is 0 Å². The van der Waals surface area contributed by atoms with Crippen LogP contribution in [0.15, 0.2) is 0 Å². The van der Waals surface area contributed by atoms with Crippen LogP contribution in [0.2, 0.25) is 0 Å². The van der Waals surface area contributed by atoms with Crippen molar-refractivity contribution in [1.82, 2.24) is 20.2 Å². The molecule has 172 valence electrons. The first-order chi connectivity index (χ1) is 14.8. The molecule has 6 nitrogen and oxygen atoms in total. The summed E-state index contributed by atoms with van der Waals surface area (Å²) in [6, 6.07) is 0. The van der Waals surface area contributed by atoms with E-state index in [1.807, 2.05) is 13.8 Å². The minimum atomic E-state index is -0.466. The van der Waals surface area contributed by atoms with Gasteiger partial charge in [0.05, 0.1) is 5.60 Å². The van der Waals surface area contributed by atoms with Gasteiger partial charge in [0.15, 0.2) is 5.78 Å². The summed E-state index contributed by atoms with van der Waals surface area (Å²) in [4.78, 5) is 13.4. The number of aryl methyl sites for hydroxylation is 1. The molecule has 0 amide bonds. The highest BCUT2D eigenvalue weighted by Crippen LogP contribution is 2.63. The van der Waals surface area contributed by atoms with Gasteiger partial charge in [-0.3, -0.25) is 4.79 Å². The summed E-state index contributed by atoms with van der Waals surface area (Å²) >= 11 is 0. The summed E-state index contributed by atoms with van der Waals surface area (Å²) in [5.41, 5.74) is -0.339. The number of carbonyl (C=O) groups is 1. The molecule has 0 aromatic carbocycles. The minimum Gasteiger partial charge on any atom is -0.390 e. The van der Waals surface area contributed by atoms with Crippen molar-refractivity contribution < 1.29 is 9.90 Å². The van der Waals surface area contributed by atoms with Gasteiger partial charge >= 0.3 is 0 Å². The van der Waals surface area contributed by atoms with Crippen LogP contribution in [0, 0.1) is 47.8 Å². The second-order valence-electron chi connectivity index (χ2n) is 11.9. The van der Waals surface area contributed by atoms with Gasteiger partial charge in [0.2, 0.25) is 0 Å². The zero-order valence-electron chi connectivity index (χ0n) is 19.6. The molecule has 0 bridgehead atoms. The maximum Gasteiger partial charge on any atom is 0.158 e. The maximum atomic E-state index is 13.4. The molecule has 1 N–H and O–H groups in total. The Morgan fingerprint density at radius 1 is 1.00 bits per heavy atom. The van der Waals surface area contributed by atoms with E-state index in [-0.39, 0.29) is 11.3 Å². The molecule has 6 heteroatoms. The molecule has 4 saturated carbocycles. The number of rotatable bonds is 3. The van der Waals surface area contributed by atoms with E-state index in [9.17, 15) is 9.90 Å². The second kappa shape index (κ2) is 7.93. The van der Waals surface area contributed by atoms with Crippen LogP contribution >= 0.6 is 0 Å². The number of tetrazole rings is 1. The van der Waals surface area contributed by atoms with Crippen LogP contribution in [0.1, 0.15) is 90.3 Å². The first kappa shape index (κ1) is 21.5. The summed E-state index contributed by atoms with van der Waals surface area (Å²) in [5.74, 6) is 5.05. The molecule has 0 aliphatic heterocycles. The third kappa shape index (κ3) is 3.77. The van der Waals surface area contributed by atoms with Crippen molar-refractivity contribution in [2.45, 2.75) is 104 Å². The average molecular weight is 429 g/mol. The number of ketones is 1. The van der Waals surface area contributed by atoms with E-state index < -0.39 is 5.60 Å². The van der Waals surface area contributed by atoms with Crippen molar-refractivity contribution >= 4 is 5.78 Å². The average Bonchev–Trinajstić information content (AvgIpc) is 3.06. The van der Waals surface area contributed by atoms with E-state index in [2.05, 4.69) is 22.4 Å². The molecule has 4 aliphatic rings. The highest BCUT2D eigenvalue weighted by atomic mass is 16.3. The molecule has 0 spiro atoms. The molecule has 4 fully saturated rings. The predicted octanol–water partition coefficient (Wildman–Crippen LogP) is 4.35. The molecule has 0 unspecified atom stereocenters. The molecule has 1 aromatic rings. The Morgan fingerprint density at radius 2 is 1.77 bits per heavy atom. The molecule has 4 aliphatic carbocycles. The van der Waals surface area contributed by atoms with Crippen molar-refractivity contribution in [3.05, 3.63) is 5.82 Å². The van der Waals surface area contributed by atoms with Gasteiger partial charge in [0.1, 0.15) is 12.4 Å². The topological polar surface area (TPSA) is 80.9 Å². The molecule has 5 rings (SSSR count). The predicted molar refractivity (Wildman–Crippen MR) is 118 cm³/mol. The molecule has 1 aromatic heterocycles. The van der Waals surface area contributed by atoms with E-state index in [1.165, 1.54) is 51.4 Å². The number of hydrogen-bond acceptors (Lipinski definition) is 5. The Bertz CT molecular complexity index is 820. The minimum absolute atomic E-state index is 0.126. The Labute approximate surface area is 186 Å². The van der Waals surface area contributed by atoms with Gasteiger partial charge < -0.3 is 5.11 Å². The molecule has 0 radical (unpaired) electrons. The van der Waals surface area contributed by atoms with E-state index in [0.29, 0.717) is 18.2 Å². The van der Waals surface area contributed by atoms with Crippen molar-refractivity contribution in [2.24, 2.45) is 40.9 Å². The lowest BCUT2D eigenvalue weighted by Gasteiger charge is -2.59. The first-order valence-electron chi connectivity index (χ1n) is 12.8. The lowest BCUT2D eigenvalue weighted by atomic mass is 9.45. The number of carbonyl (C=O) groups excluding carboxylic acids is 1. The Hall–Kier alpha value is -1.30. The van der Waals surface area contributed by atoms with Crippen LogP contribution < -0.4 is 0 Å². The maximum absolute atomic E-state index is 13.4. The van der Waals surface area contributed by atoms with Gasteiger partial charge in [-0.15, -0.1) is 5.10 Å². The quantitative estimate of drug-likeness (QED) is 0.774. The van der Waals surface area contributed by atoms with Gasteiger partial charge in [-0.25, -0.2) is 4.68 Å². The smallest absolute Gasteiger partial charge is 0.158 e. The van der Waals surface area contributed by atoms with Crippen LogP contribution in [0.3, 0.4) is 0 Å². The fourth-order valence-corrected chi connectivity index (χ4v) is 8.52. The highest BCUT2D eigenvalue weighted by Gasteiger charge is 2.56. The third-order valence-electron chi connectivity index (χ3n) is 10.2. The monoisotopic (exact) mass is 428 g/mol. The third-order valence-corrected chi connectivity index (χ3v) is 10.2. The number of nitrogens with zero attached hydrogens (tertiary/aromatic N) is 4. The van der Waals surface area contributed by atoms with E-state index in [4.69, 9.17) is 0 Å². The lowest BCUT2D eigenvalue weighted by molar-refractivity contribution is -0.143. The summed E-state index contributed by atoms with van der Waals surface area (Å²) in [6.07, 6.45) is 13.0. The Morgan fingerprint density at radius 3 is 2.55 bits per heavy atom. The van der Waals surface area contributed by atoms with Crippen LogP contribution in [0.25, 0.3) is 0 Å². The van der Waals surface area contributed by atoms with Crippen molar-refractivity contribution in [1.29, 1.82) is 0 Å². The lowest BCUT2D eigenvalue weighted by Crippen LogP contribution is -2.53. The van der Waals surface area contributed by atoms with Gasteiger partial charge in [-0.2, -0.15) is 0 Å². The fourth-order valence-electron chi connectivity index (χ4n) is 8.52. The summed E-state index contributed by atoms with van der Waals surface area (Å²) in [7, 11) is 0. The SMILES string of the molecule is Cc1nnnn1CC(=O)[C@H]1CCC[C@H]2[C@@H]3CC[C@@H]4CC[C@](C)(O)CC[C@@H]4[C@H]3CC[C@]12C. The summed E-state index contributed by atoms with van der Waals surface area (Å²) < 4.78 is 1.67. The van der Waals surface area contributed by atoms with Gasteiger partial charge in [0.25, 0.3) is 0 Å². The van der Waals surface area contributed by atoms with Gasteiger partial charge in [0, 0.05) is 5.92 Å². The zero-order valence-corrected chi connectivity index (χ0v) is 19.6. The Kier molecular flexibility index (Phi) is 5.51. The van der Waals surface area contributed by atoms with Crippen LogP contribution in [-0.4, -0.2) is 36.7 Å². The van der Waals surface area contributed by atoms with Crippen molar-refractivity contribution in [3.8, 4) is 0 Å². The number of fused-ring (bicyclic) bond motifs is 5. The zero-order chi connectivity index (χ0) is 21.8. The summed E-state index contributed by atoms with van der Waals surface area (Å²) in [6.45, 7) is 6.67. The molecule has 8 atom stereocenters. The Balaban J connectivity index is 1.35. The molecule has 1 heterocycles. The largest absolute Gasteiger partial charge is 0.390 e. The number of aromatic nitrogens is 4. The van der Waals surface area contributed by atoms with Gasteiger partial charge in [-0.1, -0.05) is 13.3 Å². The second-order valence-corrected chi connectivity index (χ2v) is 11.9. The normalized spacial score (nSPS) is 45.2. The molecule has 0 saturated heterocycles. The molecular weight excluding hydrogens is 388 g/mol. The van der Waals surface area contributed by atoms with E-state index in [1.54, 1.807) is 4.68 Å². The fraction of sp³-hybridized carbons (Fsp3) is 0.920. The number of Topliss-reactive ketones (excluding diaryl/α,β-unsaturated/α-hetero) is 1. The number of aliphatic hydroxyl groups is 1. The van der Waals surface area contributed by atoms with Crippen LogP contribution in [-0.2, 0) is 11.3 Å². The standard InChI is InChI=1S/C25H40N4O2/c1-16-26-27-28-29(16)15-23(30)22-6-4-5-21-20-8-7-17-9-12-24(2,31)13-10-18(17)19(20)11-14-25(21,22)3/h17-22,31H,4-15H2,1-3H3/t17-,18+,19-,20-,21+,22-,24+,25+/m1/s1. The molecule has 31 heavy (non-hydrogen) atoms. The van der Waals surface area contributed by atoms with E-state index in [0.717, 1.165) is 48.8 Å². The highest BCUT2D eigenvalue weighted by molar-refractivity contribution is 5.81. The van der Waals surface area contributed by atoms with Crippen molar-refractivity contribution in [2.75, 3.05) is 0 Å². The first-order valence-corrected chi connectivity index (χ1v) is 12.8. The number of hydrogen-bond donors (Lipinski definition) is 1. The van der Waals surface area contributed by atoms with Crippen molar-refractivity contribution in [3.63, 3.8) is 0 Å². The van der Waals surface area contributed by atoms with Gasteiger partial charge in [-0.05, 0) is 123 Å².